The minimum absolute atomic E-state index is 0.215. The number of aromatic amines is 1. The zero-order valence-electron chi connectivity index (χ0n) is 11.3. The van der Waals surface area contributed by atoms with Gasteiger partial charge in [0.05, 0.1) is 6.54 Å². The normalized spacial score (nSPS) is 12.1. The number of nitrogens with one attached hydrogen (secondary N) is 2. The summed E-state index contributed by atoms with van der Waals surface area (Å²) in [7, 11) is 3.30. The van der Waals surface area contributed by atoms with Gasteiger partial charge in [-0.15, -0.1) is 0 Å². The lowest BCUT2D eigenvalue weighted by molar-refractivity contribution is -0.131. The minimum atomic E-state index is -0.636. The Balaban J connectivity index is 2.04. The number of ether oxygens (including phenoxy) is 1. The molecule has 106 valence electrons. The predicted octanol–water partition coefficient (Wildman–Crippen LogP) is 1.48. The molecule has 1 aromatic carbocycles. The molecule has 0 saturated carbocycles. The molecule has 6 nitrogen and oxygen atoms in total. The molecule has 2 aromatic rings. The molecule has 7 heteroatoms. The van der Waals surface area contributed by atoms with Crippen molar-refractivity contribution in [2.45, 2.75) is 12.6 Å². The second kappa shape index (κ2) is 6.44. The number of rotatable bonds is 5. The number of hydrogen-bond acceptors (Lipinski definition) is 4. The molecular weight excluding hydrogens is 276 g/mol. The molecule has 1 atom stereocenters. The highest BCUT2D eigenvalue weighted by atomic mass is 32.1. The number of carbonyl (C=O) groups is 1. The van der Waals surface area contributed by atoms with E-state index >= 15 is 0 Å². The molecule has 0 aliphatic rings. The molecule has 0 bridgehead atoms. The molecule has 0 spiro atoms. The van der Waals surface area contributed by atoms with Gasteiger partial charge in [0.15, 0.2) is 16.7 Å². The maximum atomic E-state index is 12.2. The molecule has 1 heterocycles. The van der Waals surface area contributed by atoms with Gasteiger partial charge in [-0.25, -0.2) is 0 Å². The van der Waals surface area contributed by atoms with Gasteiger partial charge < -0.3 is 14.6 Å². The third-order valence-corrected chi connectivity index (χ3v) is 3.33. The number of benzene rings is 1. The highest BCUT2D eigenvalue weighted by Crippen LogP contribution is 2.16. The smallest absolute Gasteiger partial charge is 0.254 e. The van der Waals surface area contributed by atoms with E-state index in [1.807, 2.05) is 30.3 Å². The summed E-state index contributed by atoms with van der Waals surface area (Å²) in [5.41, 5.74) is 0.808. The molecule has 0 radical (unpaired) electrons. The van der Waals surface area contributed by atoms with Crippen molar-refractivity contribution in [2.24, 2.45) is 7.05 Å². The Kier molecular flexibility index (Phi) is 4.65. The van der Waals surface area contributed by atoms with E-state index in [0.29, 0.717) is 10.6 Å². The molecule has 0 unspecified atom stereocenters. The molecule has 0 fully saturated rings. The minimum Gasteiger partial charge on any atom is -0.367 e. The first-order valence-corrected chi connectivity index (χ1v) is 6.50. The van der Waals surface area contributed by atoms with Crippen molar-refractivity contribution in [3.05, 3.63) is 46.5 Å². The third-order valence-electron chi connectivity index (χ3n) is 2.97. The van der Waals surface area contributed by atoms with Crippen LogP contribution in [0.25, 0.3) is 0 Å². The number of carbonyl (C=O) groups excluding carboxylic acids is 1. The Morgan fingerprint density at radius 2 is 2.20 bits per heavy atom. The standard InChI is InChI=1S/C13H16N4O2S/c1-17-10(15-16-13(17)20)8-14-12(18)11(19-2)9-6-4-3-5-7-9/h3-7,11H,8H2,1-2H3,(H,14,18)(H,16,20)/t11-/m0/s1. The molecule has 0 saturated heterocycles. The lowest BCUT2D eigenvalue weighted by Gasteiger charge is -2.15. The lowest BCUT2D eigenvalue weighted by atomic mass is 10.1. The number of amides is 1. The average Bonchev–Trinajstić information content (AvgIpc) is 2.78. The van der Waals surface area contributed by atoms with Gasteiger partial charge in [0.1, 0.15) is 0 Å². The average molecular weight is 292 g/mol. The highest BCUT2D eigenvalue weighted by molar-refractivity contribution is 7.71. The van der Waals surface area contributed by atoms with Gasteiger partial charge in [0, 0.05) is 14.2 Å². The van der Waals surface area contributed by atoms with Crippen LogP contribution in [0.5, 0.6) is 0 Å². The van der Waals surface area contributed by atoms with E-state index < -0.39 is 6.10 Å². The molecule has 2 rings (SSSR count). The van der Waals surface area contributed by atoms with Crippen molar-refractivity contribution in [1.29, 1.82) is 0 Å². The lowest BCUT2D eigenvalue weighted by Crippen LogP contribution is -2.30. The van der Waals surface area contributed by atoms with Crippen molar-refractivity contribution < 1.29 is 9.53 Å². The summed E-state index contributed by atoms with van der Waals surface area (Å²) < 4.78 is 7.48. The van der Waals surface area contributed by atoms with Crippen molar-refractivity contribution in [1.82, 2.24) is 20.1 Å². The maximum absolute atomic E-state index is 12.2. The van der Waals surface area contributed by atoms with Crippen LogP contribution in [0, 0.1) is 4.77 Å². The molecule has 2 N–H and O–H groups in total. The third kappa shape index (κ3) is 3.12. The monoisotopic (exact) mass is 292 g/mol. The largest absolute Gasteiger partial charge is 0.367 e. The summed E-state index contributed by atoms with van der Waals surface area (Å²) in [6.45, 7) is 0.287. The summed E-state index contributed by atoms with van der Waals surface area (Å²) in [5.74, 6) is 0.443. The first-order chi connectivity index (χ1) is 9.63. The van der Waals surface area contributed by atoms with Crippen LogP contribution in [0.15, 0.2) is 30.3 Å². The van der Waals surface area contributed by atoms with E-state index in [0.717, 1.165) is 5.56 Å². The molecule has 1 aromatic heterocycles. The predicted molar refractivity (Wildman–Crippen MR) is 76.4 cm³/mol. The van der Waals surface area contributed by atoms with Gasteiger partial charge in [-0.2, -0.15) is 5.10 Å². The van der Waals surface area contributed by atoms with Gasteiger partial charge in [-0.1, -0.05) is 30.3 Å². The molecule has 0 aliphatic heterocycles. The van der Waals surface area contributed by atoms with Crippen LogP contribution in [0.1, 0.15) is 17.5 Å². The number of methoxy groups -OCH3 is 1. The van der Waals surface area contributed by atoms with E-state index in [2.05, 4.69) is 15.5 Å². The summed E-state index contributed by atoms with van der Waals surface area (Å²) in [4.78, 5) is 12.2. The van der Waals surface area contributed by atoms with Crippen LogP contribution in [0.2, 0.25) is 0 Å². The van der Waals surface area contributed by atoms with E-state index in [1.54, 1.807) is 11.6 Å². The first-order valence-electron chi connectivity index (χ1n) is 6.09. The Morgan fingerprint density at radius 1 is 1.50 bits per heavy atom. The summed E-state index contributed by atoms with van der Waals surface area (Å²) in [6.07, 6.45) is -0.636. The van der Waals surface area contributed by atoms with E-state index in [4.69, 9.17) is 17.0 Å². The van der Waals surface area contributed by atoms with Crippen LogP contribution in [0.3, 0.4) is 0 Å². The fourth-order valence-electron chi connectivity index (χ4n) is 1.82. The van der Waals surface area contributed by atoms with Crippen LogP contribution < -0.4 is 5.32 Å². The van der Waals surface area contributed by atoms with Crippen LogP contribution in [-0.2, 0) is 23.1 Å². The summed E-state index contributed by atoms with van der Waals surface area (Å²) in [5, 5.41) is 9.49. The van der Waals surface area contributed by atoms with Crippen molar-refractivity contribution >= 4 is 18.1 Å². The fourth-order valence-corrected chi connectivity index (χ4v) is 1.97. The number of hydrogen-bond donors (Lipinski definition) is 2. The number of aromatic nitrogens is 3. The van der Waals surface area contributed by atoms with Crippen molar-refractivity contribution in [3.63, 3.8) is 0 Å². The number of H-pyrrole nitrogens is 1. The zero-order chi connectivity index (χ0) is 14.5. The van der Waals surface area contributed by atoms with Crippen molar-refractivity contribution in [3.8, 4) is 0 Å². The van der Waals surface area contributed by atoms with Gasteiger partial charge in [-0.3, -0.25) is 9.89 Å². The quantitative estimate of drug-likeness (QED) is 0.819. The fraction of sp³-hybridized carbons (Fsp3) is 0.308. The zero-order valence-corrected chi connectivity index (χ0v) is 12.1. The topological polar surface area (TPSA) is 71.9 Å². The highest BCUT2D eigenvalue weighted by Gasteiger charge is 2.19. The van der Waals surface area contributed by atoms with Crippen LogP contribution >= 0.6 is 12.2 Å². The van der Waals surface area contributed by atoms with Gasteiger partial charge >= 0.3 is 0 Å². The SMILES string of the molecule is CO[C@H](C(=O)NCc1n[nH]c(=S)n1C)c1ccccc1. The second-order valence-electron chi connectivity index (χ2n) is 4.25. The maximum Gasteiger partial charge on any atom is 0.254 e. The Hall–Kier alpha value is -1.99. The first kappa shape index (κ1) is 14.4. The van der Waals surface area contributed by atoms with Gasteiger partial charge in [-0.05, 0) is 17.8 Å². The Morgan fingerprint density at radius 3 is 2.75 bits per heavy atom. The van der Waals surface area contributed by atoms with Crippen molar-refractivity contribution in [2.75, 3.05) is 7.11 Å². The second-order valence-corrected chi connectivity index (χ2v) is 4.63. The molecular formula is C13H16N4O2S. The van der Waals surface area contributed by atoms with E-state index in [-0.39, 0.29) is 12.5 Å². The van der Waals surface area contributed by atoms with E-state index in [9.17, 15) is 4.79 Å². The molecule has 20 heavy (non-hydrogen) atoms. The van der Waals surface area contributed by atoms with Gasteiger partial charge in [0.2, 0.25) is 0 Å². The van der Waals surface area contributed by atoms with Crippen LogP contribution in [-0.4, -0.2) is 27.8 Å². The Bertz CT molecular complexity index is 635. The van der Waals surface area contributed by atoms with Gasteiger partial charge in [0.25, 0.3) is 5.91 Å². The molecule has 1 amide bonds. The summed E-state index contributed by atoms with van der Waals surface area (Å²) >= 11 is 5.01. The number of nitrogens with zero attached hydrogens (tertiary/aromatic N) is 2. The van der Waals surface area contributed by atoms with E-state index in [1.165, 1.54) is 7.11 Å². The Labute approximate surface area is 121 Å². The summed E-state index contributed by atoms with van der Waals surface area (Å²) in [6, 6.07) is 9.33. The molecule has 0 aliphatic carbocycles. The van der Waals surface area contributed by atoms with Crippen LogP contribution in [0.4, 0.5) is 0 Å².